The van der Waals surface area contributed by atoms with Gasteiger partial charge in [0.2, 0.25) is 5.60 Å². The highest BCUT2D eigenvalue weighted by atomic mass is 16.6. The summed E-state index contributed by atoms with van der Waals surface area (Å²) in [5.74, 6) is -0.876. The molecule has 0 heterocycles. The molecule has 102 valence electrons. The van der Waals surface area contributed by atoms with Crippen LogP contribution in [0.1, 0.15) is 5.56 Å². The smallest absolute Gasteiger partial charge is 0.344 e. The Hall–Kier alpha value is -1.98. The van der Waals surface area contributed by atoms with E-state index in [1.165, 1.54) is 0 Å². The van der Waals surface area contributed by atoms with Crippen molar-refractivity contribution in [3.8, 4) is 0 Å². The summed E-state index contributed by atoms with van der Waals surface area (Å²) in [5.41, 5.74) is -1.04. The Bertz CT molecular complexity index is 440. The lowest BCUT2D eigenvalue weighted by Gasteiger charge is -2.21. The first-order valence-electron chi connectivity index (χ1n) is 5.68. The van der Waals surface area contributed by atoms with E-state index in [1.807, 2.05) is 30.3 Å². The van der Waals surface area contributed by atoms with Gasteiger partial charge in [-0.25, -0.2) is 4.79 Å². The molecule has 0 fully saturated rings. The molecule has 0 unspecified atom stereocenters. The van der Waals surface area contributed by atoms with Crippen molar-refractivity contribution in [2.45, 2.75) is 12.2 Å². The number of ether oxygens (including phenoxy) is 2. The zero-order valence-corrected chi connectivity index (χ0v) is 10.6. The maximum absolute atomic E-state index is 11.5. The minimum Gasteiger partial charge on any atom is -0.467 e. The first-order chi connectivity index (χ1) is 9.12. The zero-order chi connectivity index (χ0) is 14.1. The van der Waals surface area contributed by atoms with Gasteiger partial charge in [-0.05, 0) is 17.7 Å². The molecule has 0 aliphatic carbocycles. The number of allylic oxidation sites excluding steroid dienone is 1. The van der Waals surface area contributed by atoms with Gasteiger partial charge in [0.1, 0.15) is 6.29 Å². The molecule has 0 bridgehead atoms. The number of carbonyl (C=O) groups excluding carboxylic acids is 2. The third-order valence-corrected chi connectivity index (χ3v) is 2.42. The van der Waals surface area contributed by atoms with Crippen LogP contribution in [0.2, 0.25) is 0 Å². The van der Waals surface area contributed by atoms with E-state index in [9.17, 15) is 14.7 Å². The fourth-order valence-electron chi connectivity index (χ4n) is 1.45. The van der Waals surface area contributed by atoms with Crippen molar-refractivity contribution in [2.75, 3.05) is 13.7 Å². The highest BCUT2D eigenvalue weighted by Gasteiger charge is 2.34. The monoisotopic (exact) mass is 264 g/mol. The highest BCUT2D eigenvalue weighted by Crippen LogP contribution is 2.11. The maximum atomic E-state index is 11.5. The molecule has 1 aromatic carbocycles. The third kappa shape index (κ3) is 4.65. The molecule has 1 rings (SSSR count). The van der Waals surface area contributed by atoms with Gasteiger partial charge in [0.25, 0.3) is 0 Å². The van der Waals surface area contributed by atoms with Crippen molar-refractivity contribution < 1.29 is 24.2 Å². The topological polar surface area (TPSA) is 72.8 Å². The van der Waals surface area contributed by atoms with Gasteiger partial charge in [0, 0.05) is 0 Å². The number of esters is 1. The van der Waals surface area contributed by atoms with Gasteiger partial charge in [-0.1, -0.05) is 30.3 Å². The minimum absolute atomic E-state index is 0.245. The van der Waals surface area contributed by atoms with E-state index in [-0.39, 0.29) is 13.2 Å². The second-order valence-electron chi connectivity index (χ2n) is 3.89. The average molecular weight is 264 g/mol. The van der Waals surface area contributed by atoms with E-state index in [4.69, 9.17) is 4.74 Å². The van der Waals surface area contributed by atoms with Gasteiger partial charge in [-0.15, -0.1) is 0 Å². The zero-order valence-electron chi connectivity index (χ0n) is 10.6. The normalized spacial score (nSPS) is 14.0. The molecule has 0 radical (unpaired) electrons. The Morgan fingerprint density at radius 1 is 1.37 bits per heavy atom. The molecule has 1 atom stereocenters. The van der Waals surface area contributed by atoms with Gasteiger partial charge in [-0.2, -0.15) is 0 Å². The first-order valence-corrected chi connectivity index (χ1v) is 5.68. The number of methoxy groups -OCH3 is 1. The SMILES string of the molecule is COC(=O)[C@](O)(/C=C/C=O)COCc1ccccc1. The Balaban J connectivity index is 2.61. The Morgan fingerprint density at radius 2 is 2.05 bits per heavy atom. The fraction of sp³-hybridized carbons (Fsp3) is 0.286. The van der Waals surface area contributed by atoms with E-state index in [0.717, 1.165) is 24.8 Å². The van der Waals surface area contributed by atoms with Crippen molar-refractivity contribution in [3.05, 3.63) is 48.0 Å². The summed E-state index contributed by atoms with van der Waals surface area (Å²) >= 11 is 0. The van der Waals surface area contributed by atoms with E-state index in [1.54, 1.807) is 0 Å². The quantitative estimate of drug-likeness (QED) is 0.449. The van der Waals surface area contributed by atoms with Gasteiger partial charge in [0.15, 0.2) is 0 Å². The summed E-state index contributed by atoms with van der Waals surface area (Å²) in [5, 5.41) is 10.0. The Kier molecular flexibility index (Phi) is 5.92. The van der Waals surface area contributed by atoms with Crippen LogP contribution in [0.15, 0.2) is 42.5 Å². The van der Waals surface area contributed by atoms with Crippen LogP contribution in [0.4, 0.5) is 0 Å². The second-order valence-corrected chi connectivity index (χ2v) is 3.89. The maximum Gasteiger partial charge on any atom is 0.344 e. The van der Waals surface area contributed by atoms with Crippen LogP contribution in [0, 0.1) is 0 Å². The summed E-state index contributed by atoms with van der Waals surface area (Å²) < 4.78 is 9.77. The van der Waals surface area contributed by atoms with Gasteiger partial charge in [-0.3, -0.25) is 4.79 Å². The van der Waals surface area contributed by atoms with Crippen LogP contribution < -0.4 is 0 Å². The lowest BCUT2D eigenvalue weighted by Crippen LogP contribution is -2.42. The van der Waals surface area contributed by atoms with E-state index < -0.39 is 11.6 Å². The summed E-state index contributed by atoms with van der Waals surface area (Å²) in [6.45, 7) is -0.0476. The molecule has 0 aliphatic rings. The van der Waals surface area contributed by atoms with Crippen molar-refractivity contribution in [3.63, 3.8) is 0 Å². The molecule has 0 amide bonds. The minimum atomic E-state index is -1.95. The molecular weight excluding hydrogens is 248 g/mol. The molecule has 5 nitrogen and oxygen atoms in total. The predicted octanol–water partition coefficient (Wildman–Crippen LogP) is 0.862. The number of aldehydes is 1. The van der Waals surface area contributed by atoms with Gasteiger partial charge < -0.3 is 14.6 Å². The van der Waals surface area contributed by atoms with Crippen LogP contribution >= 0.6 is 0 Å². The van der Waals surface area contributed by atoms with E-state index in [2.05, 4.69) is 4.74 Å². The molecule has 0 saturated heterocycles. The third-order valence-electron chi connectivity index (χ3n) is 2.42. The Morgan fingerprint density at radius 3 is 2.63 bits per heavy atom. The summed E-state index contributed by atoms with van der Waals surface area (Å²) in [4.78, 5) is 21.7. The summed E-state index contributed by atoms with van der Waals surface area (Å²) in [6, 6.07) is 9.31. The molecule has 0 aliphatic heterocycles. The molecule has 0 aromatic heterocycles. The molecule has 5 heteroatoms. The fourth-order valence-corrected chi connectivity index (χ4v) is 1.45. The van der Waals surface area contributed by atoms with Crippen LogP contribution in [0.5, 0.6) is 0 Å². The Labute approximate surface area is 111 Å². The molecule has 1 aromatic rings. The number of hydrogen-bond donors (Lipinski definition) is 1. The molecular formula is C14H16O5. The van der Waals surface area contributed by atoms with Crippen LogP contribution in [-0.2, 0) is 25.7 Å². The lowest BCUT2D eigenvalue weighted by atomic mass is 10.1. The van der Waals surface area contributed by atoms with Crippen LogP contribution in [-0.4, -0.2) is 36.7 Å². The van der Waals surface area contributed by atoms with Crippen LogP contribution in [0.3, 0.4) is 0 Å². The standard InChI is InChI=1S/C14H16O5/c1-18-13(16)14(17,8-5-9-15)11-19-10-12-6-3-2-4-7-12/h2-9,17H,10-11H2,1H3/b8-5+/t14-/m0/s1. The number of benzene rings is 1. The second kappa shape index (κ2) is 7.45. The first kappa shape index (κ1) is 15.1. The predicted molar refractivity (Wildman–Crippen MR) is 68.3 cm³/mol. The van der Waals surface area contributed by atoms with Crippen molar-refractivity contribution >= 4 is 12.3 Å². The molecule has 0 spiro atoms. The highest BCUT2D eigenvalue weighted by molar-refractivity contribution is 5.83. The molecule has 0 saturated carbocycles. The number of hydrogen-bond acceptors (Lipinski definition) is 5. The van der Waals surface area contributed by atoms with Crippen molar-refractivity contribution in [2.24, 2.45) is 0 Å². The molecule has 19 heavy (non-hydrogen) atoms. The van der Waals surface area contributed by atoms with Gasteiger partial charge >= 0.3 is 5.97 Å². The number of aliphatic hydroxyl groups is 1. The summed E-state index contributed by atoms with van der Waals surface area (Å²) in [6.07, 6.45) is 2.55. The largest absolute Gasteiger partial charge is 0.467 e. The van der Waals surface area contributed by atoms with Crippen molar-refractivity contribution in [1.29, 1.82) is 0 Å². The average Bonchev–Trinajstić information content (AvgIpc) is 2.45. The van der Waals surface area contributed by atoms with E-state index >= 15 is 0 Å². The van der Waals surface area contributed by atoms with E-state index in [0.29, 0.717) is 6.29 Å². The lowest BCUT2D eigenvalue weighted by molar-refractivity contribution is -0.162. The number of carbonyl (C=O) groups is 2. The number of rotatable bonds is 7. The van der Waals surface area contributed by atoms with Gasteiger partial charge in [0.05, 0.1) is 20.3 Å². The van der Waals surface area contributed by atoms with Crippen molar-refractivity contribution in [1.82, 2.24) is 0 Å². The summed E-state index contributed by atoms with van der Waals surface area (Å²) in [7, 11) is 1.15. The van der Waals surface area contributed by atoms with Crippen LogP contribution in [0.25, 0.3) is 0 Å². The molecule has 1 N–H and O–H groups in total.